The van der Waals surface area contributed by atoms with Crippen molar-refractivity contribution in [2.75, 3.05) is 5.73 Å². The van der Waals surface area contributed by atoms with Gasteiger partial charge in [-0.1, -0.05) is 67.2 Å². The summed E-state index contributed by atoms with van der Waals surface area (Å²) in [7, 11) is 0. The summed E-state index contributed by atoms with van der Waals surface area (Å²) in [6, 6.07) is 20.4. The Bertz CT molecular complexity index is 1020. The van der Waals surface area contributed by atoms with E-state index in [1.54, 1.807) is 4.57 Å². The van der Waals surface area contributed by atoms with E-state index in [-0.39, 0.29) is 17.8 Å². The summed E-state index contributed by atoms with van der Waals surface area (Å²) in [5.74, 6) is 0.178. The minimum atomic E-state index is -0.426. The monoisotopic (exact) mass is 408 g/mol. The third kappa shape index (κ3) is 5.06. The molecule has 0 radical (unpaired) electrons. The van der Waals surface area contributed by atoms with Gasteiger partial charge in [-0.05, 0) is 31.0 Å². The lowest BCUT2D eigenvalue weighted by atomic mass is 10.1. The minimum absolute atomic E-state index is 0.106. The third-order valence-electron chi connectivity index (χ3n) is 4.51. The number of carbonyl (C=O) groups excluding carboxylic acids is 1. The van der Waals surface area contributed by atoms with Crippen molar-refractivity contribution in [2.24, 2.45) is 0 Å². The average molecular weight is 409 g/mol. The van der Waals surface area contributed by atoms with Crippen molar-refractivity contribution in [2.45, 2.75) is 36.7 Å². The number of nitrogens with one attached hydrogen (secondary N) is 1. The molecular weight excluding hydrogens is 384 g/mol. The van der Waals surface area contributed by atoms with Crippen molar-refractivity contribution in [3.8, 4) is 5.69 Å². The van der Waals surface area contributed by atoms with E-state index in [0.717, 1.165) is 11.3 Å². The molecule has 3 rings (SSSR count). The molecule has 0 aliphatic heterocycles. The van der Waals surface area contributed by atoms with Gasteiger partial charge in [0.15, 0.2) is 5.16 Å². The van der Waals surface area contributed by atoms with Gasteiger partial charge < -0.3 is 11.1 Å². The zero-order valence-corrected chi connectivity index (χ0v) is 17.2. The Morgan fingerprint density at radius 2 is 1.76 bits per heavy atom. The zero-order chi connectivity index (χ0) is 20.8. The number of hydrogen-bond donors (Lipinski definition) is 2. The molecule has 0 bridgehead atoms. The van der Waals surface area contributed by atoms with E-state index in [4.69, 9.17) is 5.73 Å². The van der Waals surface area contributed by atoms with Crippen molar-refractivity contribution in [3.05, 3.63) is 82.6 Å². The second-order valence-corrected chi connectivity index (χ2v) is 7.80. The highest BCUT2D eigenvalue weighted by molar-refractivity contribution is 8.00. The second-order valence-electron chi connectivity index (χ2n) is 6.63. The fraction of sp³-hybridized carbons (Fsp3) is 0.227. The summed E-state index contributed by atoms with van der Waals surface area (Å²) in [6.45, 7) is 3.88. The quantitative estimate of drug-likeness (QED) is 0.461. The Morgan fingerprint density at radius 1 is 1.14 bits per heavy atom. The molecule has 1 amide bonds. The SMILES string of the molecule is CCC(Sc1nc(=O)cc(N)n1-c1ccccc1)C(=O)NC(C)c1ccccc1. The molecule has 3 aromatic rings. The van der Waals surface area contributed by atoms with Gasteiger partial charge in [0, 0.05) is 11.8 Å². The number of anilines is 1. The highest BCUT2D eigenvalue weighted by Crippen LogP contribution is 2.28. The molecule has 0 fully saturated rings. The van der Waals surface area contributed by atoms with Crippen LogP contribution in [0.3, 0.4) is 0 Å². The van der Waals surface area contributed by atoms with E-state index < -0.39 is 10.8 Å². The van der Waals surface area contributed by atoms with Crippen molar-refractivity contribution >= 4 is 23.5 Å². The summed E-state index contributed by atoms with van der Waals surface area (Å²) < 4.78 is 1.70. The Hall–Kier alpha value is -3.06. The topological polar surface area (TPSA) is 90.0 Å². The number of benzene rings is 2. The van der Waals surface area contributed by atoms with E-state index >= 15 is 0 Å². The van der Waals surface area contributed by atoms with Crippen LogP contribution in [-0.4, -0.2) is 20.7 Å². The van der Waals surface area contributed by atoms with Gasteiger partial charge >= 0.3 is 0 Å². The minimum Gasteiger partial charge on any atom is -0.385 e. The van der Waals surface area contributed by atoms with Crippen LogP contribution < -0.4 is 16.6 Å². The highest BCUT2D eigenvalue weighted by Gasteiger charge is 2.23. The van der Waals surface area contributed by atoms with Crippen molar-refractivity contribution in [3.63, 3.8) is 0 Å². The molecule has 0 saturated heterocycles. The van der Waals surface area contributed by atoms with E-state index in [2.05, 4.69) is 10.3 Å². The summed E-state index contributed by atoms with van der Waals surface area (Å²) in [4.78, 5) is 29.0. The van der Waals surface area contributed by atoms with Gasteiger partial charge in [0.05, 0.1) is 11.3 Å². The first-order chi connectivity index (χ1) is 14.0. The van der Waals surface area contributed by atoms with Crippen LogP contribution in [0.2, 0.25) is 0 Å². The van der Waals surface area contributed by atoms with Gasteiger partial charge in [0.25, 0.3) is 5.56 Å². The first kappa shape index (κ1) is 20.7. The normalized spacial score (nSPS) is 12.9. The number of carbonyl (C=O) groups is 1. The molecule has 7 heteroatoms. The lowest BCUT2D eigenvalue weighted by Crippen LogP contribution is -2.34. The standard InChI is InChI=1S/C22H24N4O2S/c1-3-18(21(28)24-15(2)16-10-6-4-7-11-16)29-22-25-20(27)14-19(23)26(22)17-12-8-5-9-13-17/h4-15,18H,3,23H2,1-2H3,(H,24,28). The van der Waals surface area contributed by atoms with Crippen LogP contribution in [0.25, 0.3) is 5.69 Å². The van der Waals surface area contributed by atoms with Gasteiger partial charge in [-0.2, -0.15) is 4.98 Å². The average Bonchev–Trinajstić information content (AvgIpc) is 2.72. The van der Waals surface area contributed by atoms with Crippen molar-refractivity contribution in [1.29, 1.82) is 0 Å². The largest absolute Gasteiger partial charge is 0.385 e. The number of nitrogens with two attached hydrogens (primary N) is 1. The van der Waals surface area contributed by atoms with Gasteiger partial charge in [-0.25, -0.2) is 0 Å². The van der Waals surface area contributed by atoms with Crippen molar-refractivity contribution < 1.29 is 4.79 Å². The maximum Gasteiger partial charge on any atom is 0.275 e. The van der Waals surface area contributed by atoms with Gasteiger partial charge in [0.1, 0.15) is 5.82 Å². The molecule has 6 nitrogen and oxygen atoms in total. The molecule has 0 spiro atoms. The maximum absolute atomic E-state index is 12.9. The Kier molecular flexibility index (Phi) is 6.72. The number of rotatable bonds is 7. The molecule has 0 saturated carbocycles. The number of nitrogen functional groups attached to an aromatic ring is 1. The Balaban J connectivity index is 1.85. The zero-order valence-electron chi connectivity index (χ0n) is 16.4. The lowest BCUT2D eigenvalue weighted by molar-refractivity contribution is -0.121. The molecule has 3 N–H and O–H groups in total. The van der Waals surface area contributed by atoms with Gasteiger partial charge in [-0.15, -0.1) is 0 Å². The molecule has 2 atom stereocenters. The Labute approximate surface area is 174 Å². The van der Waals surface area contributed by atoms with E-state index in [1.165, 1.54) is 17.8 Å². The van der Waals surface area contributed by atoms with E-state index in [9.17, 15) is 9.59 Å². The summed E-state index contributed by atoms with van der Waals surface area (Å²) >= 11 is 1.24. The number of hydrogen-bond acceptors (Lipinski definition) is 5. The molecule has 0 aliphatic carbocycles. The molecule has 1 aromatic heterocycles. The first-order valence-corrected chi connectivity index (χ1v) is 10.3. The molecular formula is C22H24N4O2S. The third-order valence-corrected chi connectivity index (χ3v) is 5.83. The van der Waals surface area contributed by atoms with Crippen LogP contribution >= 0.6 is 11.8 Å². The van der Waals surface area contributed by atoms with Crippen LogP contribution in [0.15, 0.2) is 76.7 Å². The van der Waals surface area contributed by atoms with Crippen LogP contribution in [0.5, 0.6) is 0 Å². The molecule has 0 aliphatic rings. The van der Waals surface area contributed by atoms with Crippen LogP contribution in [0.1, 0.15) is 31.9 Å². The number of aromatic nitrogens is 2. The number of amides is 1. The summed E-state index contributed by atoms with van der Waals surface area (Å²) in [5.41, 5.74) is 7.50. The van der Waals surface area contributed by atoms with E-state index in [0.29, 0.717) is 11.6 Å². The first-order valence-electron chi connectivity index (χ1n) is 9.46. The van der Waals surface area contributed by atoms with Crippen LogP contribution in [0, 0.1) is 0 Å². The molecule has 1 heterocycles. The lowest BCUT2D eigenvalue weighted by Gasteiger charge is -2.21. The number of thioether (sulfide) groups is 1. The molecule has 2 aromatic carbocycles. The number of para-hydroxylation sites is 1. The number of nitrogens with zero attached hydrogens (tertiary/aromatic N) is 2. The predicted molar refractivity (Wildman–Crippen MR) is 117 cm³/mol. The fourth-order valence-electron chi connectivity index (χ4n) is 2.97. The van der Waals surface area contributed by atoms with Crippen LogP contribution in [0.4, 0.5) is 5.82 Å². The smallest absolute Gasteiger partial charge is 0.275 e. The molecule has 2 unspecified atom stereocenters. The molecule has 150 valence electrons. The summed E-state index contributed by atoms with van der Waals surface area (Å²) in [6.07, 6.45) is 0.581. The maximum atomic E-state index is 12.9. The van der Waals surface area contributed by atoms with Gasteiger partial charge in [0.2, 0.25) is 5.91 Å². The van der Waals surface area contributed by atoms with Crippen LogP contribution in [-0.2, 0) is 4.79 Å². The second kappa shape index (κ2) is 9.43. The van der Waals surface area contributed by atoms with E-state index in [1.807, 2.05) is 74.5 Å². The molecule has 29 heavy (non-hydrogen) atoms. The van der Waals surface area contributed by atoms with Crippen molar-refractivity contribution in [1.82, 2.24) is 14.9 Å². The predicted octanol–water partition coefficient (Wildman–Crippen LogP) is 3.56. The Morgan fingerprint density at radius 3 is 2.38 bits per heavy atom. The highest BCUT2D eigenvalue weighted by atomic mass is 32.2. The van der Waals surface area contributed by atoms with Gasteiger partial charge in [-0.3, -0.25) is 14.2 Å². The fourth-order valence-corrected chi connectivity index (χ4v) is 4.03. The summed E-state index contributed by atoms with van der Waals surface area (Å²) in [5, 5.41) is 3.04.